The van der Waals surface area contributed by atoms with E-state index in [1.807, 2.05) is 24.3 Å². The Bertz CT molecular complexity index is 1200. The number of phenols is 1. The number of nitrogens with zero attached hydrogens (tertiary/aromatic N) is 1. The van der Waals surface area contributed by atoms with Gasteiger partial charge < -0.3 is 9.84 Å². The highest BCUT2D eigenvalue weighted by atomic mass is 79.9. The predicted octanol–water partition coefficient (Wildman–Crippen LogP) is 4.40. The number of nitrogens with one attached hydrogen (secondary N) is 1. The van der Waals surface area contributed by atoms with Crippen LogP contribution in [-0.2, 0) is 16.2 Å². The maximum Gasteiger partial charge on any atom is 0.335 e. The van der Waals surface area contributed by atoms with Crippen molar-refractivity contribution in [3.05, 3.63) is 94.0 Å². The van der Waals surface area contributed by atoms with Crippen molar-refractivity contribution in [1.29, 1.82) is 0 Å². The lowest BCUT2D eigenvalue weighted by atomic mass is 10.1. The number of imide groups is 2. The minimum absolute atomic E-state index is 0.00657. The van der Waals surface area contributed by atoms with Crippen LogP contribution in [-0.4, -0.2) is 23.0 Å². The largest absolute Gasteiger partial charge is 0.508 e. The summed E-state index contributed by atoms with van der Waals surface area (Å²) in [5.41, 5.74) is 1.67. The zero-order valence-electron chi connectivity index (χ0n) is 16.6. The average molecular weight is 493 g/mol. The molecule has 7 nitrogen and oxygen atoms in total. The molecule has 3 aromatic carbocycles. The smallest absolute Gasteiger partial charge is 0.335 e. The number of ether oxygens (including phenoxy) is 1. The third-order valence-corrected chi connectivity index (χ3v) is 5.25. The first kappa shape index (κ1) is 21.3. The first-order valence-electron chi connectivity index (χ1n) is 9.58. The highest BCUT2D eigenvalue weighted by Crippen LogP contribution is 2.24. The second kappa shape index (κ2) is 9.07. The summed E-state index contributed by atoms with van der Waals surface area (Å²) in [6, 6.07) is 19.4. The van der Waals surface area contributed by atoms with Gasteiger partial charge >= 0.3 is 6.03 Å². The van der Waals surface area contributed by atoms with Gasteiger partial charge in [0, 0.05) is 4.47 Å². The first-order chi connectivity index (χ1) is 15.4. The zero-order chi connectivity index (χ0) is 22.7. The van der Waals surface area contributed by atoms with E-state index in [-0.39, 0.29) is 17.0 Å². The number of aromatic hydroxyl groups is 1. The summed E-state index contributed by atoms with van der Waals surface area (Å²) >= 11 is 3.39. The molecule has 2 N–H and O–H groups in total. The van der Waals surface area contributed by atoms with Gasteiger partial charge in [-0.1, -0.05) is 40.2 Å². The number of anilines is 1. The van der Waals surface area contributed by atoms with Crippen molar-refractivity contribution in [3.63, 3.8) is 0 Å². The normalized spacial score (nSPS) is 15.1. The van der Waals surface area contributed by atoms with E-state index in [4.69, 9.17) is 4.74 Å². The molecule has 1 saturated heterocycles. The van der Waals surface area contributed by atoms with E-state index in [1.54, 1.807) is 24.3 Å². The number of benzene rings is 3. The standard InChI is InChI=1S/C24H17BrN2O5/c25-17-5-1-16(2-6-17)14-32-20-11-3-15(4-12-20)13-21-22(29)26-24(31)27(23(21)30)18-7-9-19(28)10-8-18/h1-13,28H,14H2,(H,26,29,31)/b21-13+. The predicted molar refractivity (Wildman–Crippen MR) is 122 cm³/mol. The van der Waals surface area contributed by atoms with Crippen LogP contribution in [0.5, 0.6) is 11.5 Å². The van der Waals surface area contributed by atoms with Crippen molar-refractivity contribution in [2.24, 2.45) is 0 Å². The molecule has 4 amide bonds. The van der Waals surface area contributed by atoms with Crippen molar-refractivity contribution >= 4 is 45.5 Å². The fraction of sp³-hybridized carbons (Fsp3) is 0.0417. The number of carbonyl (C=O) groups excluding carboxylic acids is 3. The van der Waals surface area contributed by atoms with Crippen LogP contribution in [0, 0.1) is 0 Å². The molecular weight excluding hydrogens is 476 g/mol. The average Bonchev–Trinajstić information content (AvgIpc) is 2.78. The molecule has 3 aromatic rings. The minimum atomic E-state index is -0.848. The van der Waals surface area contributed by atoms with Gasteiger partial charge in [0.15, 0.2) is 0 Å². The second-order valence-corrected chi connectivity index (χ2v) is 7.87. The molecule has 1 fully saturated rings. The number of carbonyl (C=O) groups is 3. The van der Waals surface area contributed by atoms with E-state index in [1.165, 1.54) is 30.3 Å². The fourth-order valence-electron chi connectivity index (χ4n) is 3.07. The third-order valence-electron chi connectivity index (χ3n) is 4.72. The van der Waals surface area contributed by atoms with E-state index in [0.29, 0.717) is 17.9 Å². The highest BCUT2D eigenvalue weighted by molar-refractivity contribution is 9.10. The Kier molecular flexibility index (Phi) is 6.04. The van der Waals surface area contributed by atoms with Gasteiger partial charge in [0.1, 0.15) is 23.7 Å². The van der Waals surface area contributed by atoms with Crippen LogP contribution >= 0.6 is 15.9 Å². The van der Waals surface area contributed by atoms with Gasteiger partial charge in [0.25, 0.3) is 11.8 Å². The van der Waals surface area contributed by atoms with Crippen LogP contribution < -0.4 is 15.0 Å². The summed E-state index contributed by atoms with van der Waals surface area (Å²) in [4.78, 5) is 38.2. The van der Waals surface area contributed by atoms with Crippen LogP contribution in [0.3, 0.4) is 0 Å². The highest BCUT2D eigenvalue weighted by Gasteiger charge is 2.36. The molecule has 8 heteroatoms. The summed E-state index contributed by atoms with van der Waals surface area (Å²) in [7, 11) is 0. The number of halogens is 1. The molecule has 1 aliphatic heterocycles. The number of hydrogen-bond donors (Lipinski definition) is 2. The molecule has 32 heavy (non-hydrogen) atoms. The van der Waals surface area contributed by atoms with Gasteiger partial charge in [0.2, 0.25) is 0 Å². The Hall–Kier alpha value is -3.91. The maximum absolute atomic E-state index is 12.9. The number of rotatable bonds is 5. The lowest BCUT2D eigenvalue weighted by Gasteiger charge is -2.26. The van der Waals surface area contributed by atoms with Gasteiger partial charge in [-0.05, 0) is 65.7 Å². The van der Waals surface area contributed by atoms with E-state index >= 15 is 0 Å². The quantitative estimate of drug-likeness (QED) is 0.406. The Balaban J connectivity index is 1.50. The Morgan fingerprint density at radius 2 is 1.56 bits per heavy atom. The van der Waals surface area contributed by atoms with Crippen molar-refractivity contribution in [2.75, 3.05) is 4.90 Å². The third kappa shape index (κ3) is 4.70. The molecule has 0 unspecified atom stereocenters. The van der Waals surface area contributed by atoms with E-state index in [9.17, 15) is 19.5 Å². The SMILES string of the molecule is O=C1NC(=O)N(c2ccc(O)cc2)C(=O)/C1=C/c1ccc(OCc2ccc(Br)cc2)cc1. The summed E-state index contributed by atoms with van der Waals surface area (Å²) in [5, 5.41) is 11.6. The number of amides is 4. The molecule has 1 aliphatic rings. The first-order valence-corrected chi connectivity index (χ1v) is 10.4. The molecule has 0 radical (unpaired) electrons. The van der Waals surface area contributed by atoms with E-state index in [2.05, 4.69) is 21.2 Å². The Labute approximate surface area is 192 Å². The van der Waals surface area contributed by atoms with Crippen LogP contribution in [0.25, 0.3) is 6.08 Å². The van der Waals surface area contributed by atoms with Crippen molar-refractivity contribution in [3.8, 4) is 11.5 Å². The molecule has 4 rings (SSSR count). The molecule has 0 bridgehead atoms. The molecule has 0 aromatic heterocycles. The van der Waals surface area contributed by atoms with Gasteiger partial charge in [-0.2, -0.15) is 0 Å². The molecule has 0 spiro atoms. The lowest BCUT2D eigenvalue weighted by molar-refractivity contribution is -0.122. The van der Waals surface area contributed by atoms with Crippen LogP contribution in [0.1, 0.15) is 11.1 Å². The number of barbiturate groups is 1. The fourth-order valence-corrected chi connectivity index (χ4v) is 3.33. The Morgan fingerprint density at radius 1 is 0.906 bits per heavy atom. The molecule has 0 aliphatic carbocycles. The maximum atomic E-state index is 12.9. The van der Waals surface area contributed by atoms with Crippen molar-refractivity contribution in [1.82, 2.24) is 5.32 Å². The molecule has 0 saturated carbocycles. The summed E-state index contributed by atoms with van der Waals surface area (Å²) in [6.07, 6.45) is 1.41. The summed E-state index contributed by atoms with van der Waals surface area (Å²) in [6.45, 7) is 0.401. The molecule has 1 heterocycles. The molecule has 0 atom stereocenters. The summed E-state index contributed by atoms with van der Waals surface area (Å²) in [5.74, 6) is -0.895. The van der Waals surface area contributed by atoms with Gasteiger partial charge in [-0.25, -0.2) is 9.69 Å². The van der Waals surface area contributed by atoms with Gasteiger partial charge in [-0.15, -0.1) is 0 Å². The zero-order valence-corrected chi connectivity index (χ0v) is 18.2. The van der Waals surface area contributed by atoms with E-state index in [0.717, 1.165) is 14.9 Å². The second-order valence-electron chi connectivity index (χ2n) is 6.96. The van der Waals surface area contributed by atoms with E-state index < -0.39 is 17.8 Å². The van der Waals surface area contributed by atoms with Crippen molar-refractivity contribution in [2.45, 2.75) is 6.61 Å². The van der Waals surface area contributed by atoms with Crippen molar-refractivity contribution < 1.29 is 24.2 Å². The number of phenolic OH excluding ortho intramolecular Hbond substituents is 1. The van der Waals surface area contributed by atoms with Gasteiger partial charge in [0.05, 0.1) is 5.69 Å². The topological polar surface area (TPSA) is 95.9 Å². The minimum Gasteiger partial charge on any atom is -0.508 e. The van der Waals surface area contributed by atoms with Crippen LogP contribution in [0.2, 0.25) is 0 Å². The lowest BCUT2D eigenvalue weighted by Crippen LogP contribution is -2.54. The monoisotopic (exact) mass is 492 g/mol. The molecule has 160 valence electrons. The molecular formula is C24H17BrN2O5. The Morgan fingerprint density at radius 3 is 2.22 bits per heavy atom. The van der Waals surface area contributed by atoms with Crippen LogP contribution in [0.4, 0.5) is 10.5 Å². The van der Waals surface area contributed by atoms with Crippen LogP contribution in [0.15, 0.2) is 82.8 Å². The number of urea groups is 1. The number of hydrogen-bond acceptors (Lipinski definition) is 5. The van der Waals surface area contributed by atoms with Gasteiger partial charge in [-0.3, -0.25) is 14.9 Å². The summed E-state index contributed by atoms with van der Waals surface area (Å²) < 4.78 is 6.75.